The Hall–Kier alpha value is -0.730. The zero-order valence-corrected chi connectivity index (χ0v) is 9.95. The van der Waals surface area contributed by atoms with E-state index in [4.69, 9.17) is 4.74 Å². The number of ether oxygens (including phenoxy) is 1. The van der Waals surface area contributed by atoms with Crippen molar-refractivity contribution in [3.05, 3.63) is 0 Å². The molecule has 0 aromatic heterocycles. The van der Waals surface area contributed by atoms with Gasteiger partial charge in [0.2, 0.25) is 0 Å². The van der Waals surface area contributed by atoms with Crippen LogP contribution < -0.4 is 0 Å². The first-order chi connectivity index (χ1) is 6.96. The van der Waals surface area contributed by atoms with E-state index in [2.05, 4.69) is 0 Å². The van der Waals surface area contributed by atoms with E-state index in [1.165, 1.54) is 19.3 Å². The lowest BCUT2D eigenvalue weighted by Gasteiger charge is -2.24. The molecule has 0 bridgehead atoms. The van der Waals surface area contributed by atoms with Gasteiger partial charge in [-0.15, -0.1) is 0 Å². The van der Waals surface area contributed by atoms with Gasteiger partial charge in [0.1, 0.15) is 5.60 Å². The van der Waals surface area contributed by atoms with Crippen LogP contribution in [0.15, 0.2) is 0 Å². The van der Waals surface area contributed by atoms with E-state index in [0.29, 0.717) is 0 Å². The van der Waals surface area contributed by atoms with Gasteiger partial charge >= 0.3 is 6.09 Å². The lowest BCUT2D eigenvalue weighted by Crippen LogP contribution is -2.35. The Kier molecular flexibility index (Phi) is 2.65. The number of rotatable bonds is 1. The second-order valence-electron chi connectivity index (χ2n) is 5.81. The highest BCUT2D eigenvalue weighted by Crippen LogP contribution is 2.41. The van der Waals surface area contributed by atoms with Gasteiger partial charge in [-0.25, -0.2) is 4.79 Å². The van der Waals surface area contributed by atoms with E-state index in [1.54, 1.807) is 0 Å². The van der Waals surface area contributed by atoms with Crippen molar-refractivity contribution in [1.29, 1.82) is 0 Å². The van der Waals surface area contributed by atoms with Crippen LogP contribution in [0.1, 0.15) is 40.0 Å². The molecule has 2 rings (SSSR count). The summed E-state index contributed by atoms with van der Waals surface area (Å²) in [5.41, 5.74) is -0.366. The molecule has 1 atom stereocenters. The number of hydrogen-bond donors (Lipinski definition) is 0. The van der Waals surface area contributed by atoms with E-state index in [0.717, 1.165) is 24.9 Å². The van der Waals surface area contributed by atoms with Crippen molar-refractivity contribution in [2.75, 3.05) is 13.1 Å². The molecule has 1 saturated carbocycles. The van der Waals surface area contributed by atoms with Crippen molar-refractivity contribution in [2.24, 2.45) is 11.8 Å². The normalized spacial score (nSPS) is 26.9. The fraction of sp³-hybridized carbons (Fsp3) is 0.917. The largest absolute Gasteiger partial charge is 0.444 e. The smallest absolute Gasteiger partial charge is 0.410 e. The topological polar surface area (TPSA) is 29.5 Å². The molecular weight excluding hydrogens is 190 g/mol. The Balaban J connectivity index is 1.82. The van der Waals surface area contributed by atoms with E-state index in [-0.39, 0.29) is 11.7 Å². The van der Waals surface area contributed by atoms with E-state index in [9.17, 15) is 4.79 Å². The van der Waals surface area contributed by atoms with Crippen molar-refractivity contribution < 1.29 is 9.53 Å². The van der Waals surface area contributed by atoms with Crippen LogP contribution in [-0.2, 0) is 4.74 Å². The second kappa shape index (κ2) is 3.69. The van der Waals surface area contributed by atoms with Crippen molar-refractivity contribution >= 4 is 6.09 Å². The molecule has 3 heteroatoms. The molecule has 1 heterocycles. The molecular formula is C12H21NO2. The predicted octanol–water partition coefficient (Wildman–Crippen LogP) is 2.65. The van der Waals surface area contributed by atoms with Crippen molar-refractivity contribution in [2.45, 2.75) is 45.6 Å². The zero-order chi connectivity index (χ0) is 11.1. The van der Waals surface area contributed by atoms with Crippen LogP contribution >= 0.6 is 0 Å². The molecule has 0 aromatic carbocycles. The highest BCUT2D eigenvalue weighted by atomic mass is 16.6. The first-order valence-electron chi connectivity index (χ1n) is 5.93. The summed E-state index contributed by atoms with van der Waals surface area (Å²) in [4.78, 5) is 13.6. The number of hydrogen-bond acceptors (Lipinski definition) is 2. The summed E-state index contributed by atoms with van der Waals surface area (Å²) in [6, 6.07) is 0. The third-order valence-corrected chi connectivity index (χ3v) is 3.17. The SMILES string of the molecule is CC(C)(C)OC(=O)N1CC[C@H](C2CC2)C1. The van der Waals surface area contributed by atoms with E-state index >= 15 is 0 Å². The quantitative estimate of drug-likeness (QED) is 0.667. The molecule has 2 aliphatic rings. The van der Waals surface area contributed by atoms with Gasteiger partial charge in [-0.1, -0.05) is 0 Å². The van der Waals surface area contributed by atoms with Crippen LogP contribution in [0, 0.1) is 11.8 Å². The van der Waals surface area contributed by atoms with Gasteiger partial charge in [0.25, 0.3) is 0 Å². The van der Waals surface area contributed by atoms with Crippen LogP contribution in [0.25, 0.3) is 0 Å². The lowest BCUT2D eigenvalue weighted by molar-refractivity contribution is 0.0287. The summed E-state index contributed by atoms with van der Waals surface area (Å²) in [6.45, 7) is 7.55. The highest BCUT2D eigenvalue weighted by molar-refractivity contribution is 5.68. The fourth-order valence-corrected chi connectivity index (χ4v) is 2.23. The Morgan fingerprint density at radius 1 is 1.20 bits per heavy atom. The van der Waals surface area contributed by atoms with Gasteiger partial charge in [0, 0.05) is 13.1 Å². The minimum atomic E-state index is -0.366. The minimum Gasteiger partial charge on any atom is -0.444 e. The fourth-order valence-electron chi connectivity index (χ4n) is 2.23. The number of carbonyl (C=O) groups excluding carboxylic acids is 1. The van der Waals surface area contributed by atoms with Gasteiger partial charge in [-0.05, 0) is 51.9 Å². The van der Waals surface area contributed by atoms with Crippen LogP contribution in [0.5, 0.6) is 0 Å². The Morgan fingerprint density at radius 3 is 2.40 bits per heavy atom. The maximum absolute atomic E-state index is 11.8. The highest BCUT2D eigenvalue weighted by Gasteiger charge is 2.38. The van der Waals surface area contributed by atoms with Crippen molar-refractivity contribution in [1.82, 2.24) is 4.90 Å². The maximum atomic E-state index is 11.8. The van der Waals surface area contributed by atoms with Gasteiger partial charge in [-0.3, -0.25) is 0 Å². The molecule has 0 spiro atoms. The minimum absolute atomic E-state index is 0.134. The summed E-state index contributed by atoms with van der Waals surface area (Å²) in [6.07, 6.45) is 3.77. The predicted molar refractivity (Wildman–Crippen MR) is 58.6 cm³/mol. The molecule has 1 aliphatic heterocycles. The average molecular weight is 211 g/mol. The second-order valence-corrected chi connectivity index (χ2v) is 5.81. The van der Waals surface area contributed by atoms with Gasteiger partial charge in [0.05, 0.1) is 0 Å². The first kappa shape index (κ1) is 10.8. The summed E-state index contributed by atoms with van der Waals surface area (Å²) >= 11 is 0. The zero-order valence-electron chi connectivity index (χ0n) is 9.95. The Bertz CT molecular complexity index is 253. The number of likely N-dealkylation sites (tertiary alicyclic amines) is 1. The lowest BCUT2D eigenvalue weighted by atomic mass is 10.0. The molecule has 3 nitrogen and oxygen atoms in total. The standard InChI is InChI=1S/C12H21NO2/c1-12(2,3)15-11(14)13-7-6-10(8-13)9-4-5-9/h9-10H,4-8H2,1-3H3/t10-/m0/s1. The van der Waals surface area contributed by atoms with Crippen LogP contribution in [0.2, 0.25) is 0 Å². The third-order valence-electron chi connectivity index (χ3n) is 3.17. The molecule has 0 radical (unpaired) electrons. The van der Waals surface area contributed by atoms with Crippen molar-refractivity contribution in [3.63, 3.8) is 0 Å². The van der Waals surface area contributed by atoms with Gasteiger partial charge < -0.3 is 9.64 Å². The summed E-state index contributed by atoms with van der Waals surface area (Å²) < 4.78 is 5.36. The Morgan fingerprint density at radius 2 is 1.87 bits per heavy atom. The molecule has 1 aliphatic carbocycles. The molecule has 0 N–H and O–H groups in total. The average Bonchev–Trinajstić information content (AvgIpc) is 2.81. The summed E-state index contributed by atoms with van der Waals surface area (Å²) in [5.74, 6) is 1.65. The van der Waals surface area contributed by atoms with Crippen LogP contribution in [-0.4, -0.2) is 29.7 Å². The van der Waals surface area contributed by atoms with Crippen LogP contribution in [0.4, 0.5) is 4.79 Å². The summed E-state index contributed by atoms with van der Waals surface area (Å²) in [7, 11) is 0. The monoisotopic (exact) mass is 211 g/mol. The van der Waals surface area contributed by atoms with Gasteiger partial charge in [0.15, 0.2) is 0 Å². The number of amides is 1. The molecule has 1 amide bonds. The van der Waals surface area contributed by atoms with E-state index in [1.807, 2.05) is 25.7 Å². The van der Waals surface area contributed by atoms with E-state index < -0.39 is 0 Å². The molecule has 1 saturated heterocycles. The van der Waals surface area contributed by atoms with Crippen LogP contribution in [0.3, 0.4) is 0 Å². The number of carbonyl (C=O) groups is 1. The molecule has 2 fully saturated rings. The summed E-state index contributed by atoms with van der Waals surface area (Å²) in [5, 5.41) is 0. The molecule has 0 unspecified atom stereocenters. The molecule has 15 heavy (non-hydrogen) atoms. The maximum Gasteiger partial charge on any atom is 0.410 e. The molecule has 0 aromatic rings. The first-order valence-corrected chi connectivity index (χ1v) is 5.93. The Labute approximate surface area is 91.8 Å². The third kappa shape index (κ3) is 2.86. The molecule has 86 valence electrons. The van der Waals surface area contributed by atoms with Gasteiger partial charge in [-0.2, -0.15) is 0 Å². The number of nitrogens with zero attached hydrogens (tertiary/aromatic N) is 1. The van der Waals surface area contributed by atoms with Crippen molar-refractivity contribution in [3.8, 4) is 0 Å².